The van der Waals surface area contributed by atoms with Crippen molar-refractivity contribution < 1.29 is 14.6 Å². The Labute approximate surface area is 125 Å². The van der Waals surface area contributed by atoms with Crippen molar-refractivity contribution in [3.05, 3.63) is 53.9 Å². The second-order valence-corrected chi connectivity index (χ2v) is 4.83. The standard InChI is InChI=1S/C17H21NO3/c1-3-4-9-21-15-7-5-13(6-8-15)17(19)14-10-16(20-2)12-18-11-14/h5-8,10-12,17,19H,3-4,9H2,1-2H3. The fourth-order valence-corrected chi connectivity index (χ4v) is 1.97. The number of aromatic nitrogens is 1. The molecule has 112 valence electrons. The van der Waals surface area contributed by atoms with Gasteiger partial charge in [0.1, 0.15) is 17.6 Å². The van der Waals surface area contributed by atoms with Crippen LogP contribution in [0.5, 0.6) is 11.5 Å². The maximum atomic E-state index is 10.4. The third-order valence-corrected chi connectivity index (χ3v) is 3.25. The van der Waals surface area contributed by atoms with Crippen LogP contribution >= 0.6 is 0 Å². The molecule has 0 fully saturated rings. The lowest BCUT2D eigenvalue weighted by Gasteiger charge is -2.13. The molecule has 2 rings (SSSR count). The molecule has 0 aliphatic carbocycles. The van der Waals surface area contributed by atoms with Crippen molar-refractivity contribution in [3.8, 4) is 11.5 Å². The average molecular weight is 287 g/mol. The van der Waals surface area contributed by atoms with Gasteiger partial charge in [0.2, 0.25) is 0 Å². The topological polar surface area (TPSA) is 51.6 Å². The van der Waals surface area contributed by atoms with Crippen LogP contribution < -0.4 is 9.47 Å². The third-order valence-electron chi connectivity index (χ3n) is 3.25. The SMILES string of the molecule is CCCCOc1ccc(C(O)c2cncc(OC)c2)cc1. The molecule has 1 aromatic carbocycles. The van der Waals surface area contributed by atoms with E-state index in [0.717, 1.165) is 30.8 Å². The lowest BCUT2D eigenvalue weighted by molar-refractivity contribution is 0.219. The van der Waals surface area contributed by atoms with E-state index in [-0.39, 0.29) is 0 Å². The van der Waals surface area contributed by atoms with Crippen molar-refractivity contribution >= 4 is 0 Å². The summed E-state index contributed by atoms with van der Waals surface area (Å²) in [5.41, 5.74) is 1.50. The monoisotopic (exact) mass is 287 g/mol. The number of pyridine rings is 1. The van der Waals surface area contributed by atoms with Crippen LogP contribution in [0.3, 0.4) is 0 Å². The Bertz CT molecular complexity index is 554. The van der Waals surface area contributed by atoms with Crippen LogP contribution in [0, 0.1) is 0 Å². The number of aliphatic hydroxyl groups is 1. The summed E-state index contributed by atoms with van der Waals surface area (Å²) in [5.74, 6) is 1.45. The van der Waals surface area contributed by atoms with Gasteiger partial charge in [0.25, 0.3) is 0 Å². The molecule has 0 saturated heterocycles. The number of hydrogen-bond acceptors (Lipinski definition) is 4. The van der Waals surface area contributed by atoms with Gasteiger partial charge in [-0.05, 0) is 30.2 Å². The van der Waals surface area contributed by atoms with Crippen molar-refractivity contribution in [1.29, 1.82) is 0 Å². The Morgan fingerprint density at radius 3 is 2.52 bits per heavy atom. The molecule has 1 unspecified atom stereocenters. The van der Waals surface area contributed by atoms with Crippen LogP contribution in [0.2, 0.25) is 0 Å². The Morgan fingerprint density at radius 2 is 1.86 bits per heavy atom. The molecule has 0 radical (unpaired) electrons. The molecular formula is C17H21NO3. The van der Waals surface area contributed by atoms with E-state index in [1.165, 1.54) is 0 Å². The number of rotatable bonds is 7. The van der Waals surface area contributed by atoms with E-state index in [1.54, 1.807) is 25.6 Å². The zero-order valence-electron chi connectivity index (χ0n) is 12.5. The lowest BCUT2D eigenvalue weighted by atomic mass is 10.0. The second kappa shape index (κ2) is 7.64. The molecule has 0 spiro atoms. The summed E-state index contributed by atoms with van der Waals surface area (Å²) in [4.78, 5) is 4.06. The van der Waals surface area contributed by atoms with Crippen LogP contribution in [0.4, 0.5) is 0 Å². The van der Waals surface area contributed by atoms with Crippen LogP contribution in [-0.4, -0.2) is 23.8 Å². The number of nitrogens with zero attached hydrogens (tertiary/aromatic N) is 1. The summed E-state index contributed by atoms with van der Waals surface area (Å²) in [7, 11) is 1.58. The molecule has 21 heavy (non-hydrogen) atoms. The normalized spacial score (nSPS) is 12.0. The molecule has 0 aliphatic heterocycles. The van der Waals surface area contributed by atoms with E-state index in [0.29, 0.717) is 11.3 Å². The van der Waals surface area contributed by atoms with E-state index >= 15 is 0 Å². The molecule has 1 aromatic heterocycles. The number of unbranched alkanes of at least 4 members (excludes halogenated alkanes) is 1. The van der Waals surface area contributed by atoms with Crippen LogP contribution in [0.25, 0.3) is 0 Å². The van der Waals surface area contributed by atoms with Crippen molar-refractivity contribution in [3.63, 3.8) is 0 Å². The first-order valence-electron chi connectivity index (χ1n) is 7.14. The van der Waals surface area contributed by atoms with Crippen LogP contribution in [0.15, 0.2) is 42.7 Å². The quantitative estimate of drug-likeness (QED) is 0.793. The van der Waals surface area contributed by atoms with Crippen LogP contribution in [0.1, 0.15) is 37.0 Å². The van der Waals surface area contributed by atoms with E-state index < -0.39 is 6.10 Å². The summed E-state index contributed by atoms with van der Waals surface area (Å²) in [6, 6.07) is 9.27. The predicted octanol–water partition coefficient (Wildman–Crippen LogP) is 3.35. The van der Waals surface area contributed by atoms with Gasteiger partial charge in [-0.25, -0.2) is 0 Å². The third kappa shape index (κ3) is 4.20. The highest BCUT2D eigenvalue weighted by Crippen LogP contribution is 2.25. The summed E-state index contributed by atoms with van der Waals surface area (Å²) in [6.07, 6.45) is 4.68. The molecule has 4 nitrogen and oxygen atoms in total. The van der Waals surface area contributed by atoms with E-state index in [2.05, 4.69) is 11.9 Å². The number of aliphatic hydroxyl groups excluding tert-OH is 1. The summed E-state index contributed by atoms with van der Waals surface area (Å²) < 4.78 is 10.7. The Morgan fingerprint density at radius 1 is 1.10 bits per heavy atom. The molecule has 0 bridgehead atoms. The first-order valence-corrected chi connectivity index (χ1v) is 7.14. The van der Waals surface area contributed by atoms with E-state index in [4.69, 9.17) is 9.47 Å². The minimum Gasteiger partial charge on any atom is -0.495 e. The number of hydrogen-bond donors (Lipinski definition) is 1. The Balaban J connectivity index is 2.06. The summed E-state index contributed by atoms with van der Waals surface area (Å²) in [5, 5.41) is 10.4. The largest absolute Gasteiger partial charge is 0.495 e. The minimum absolute atomic E-state index is 0.631. The van der Waals surface area contributed by atoms with Crippen molar-refractivity contribution in [2.45, 2.75) is 25.9 Å². The van der Waals surface area contributed by atoms with Gasteiger partial charge in [0.15, 0.2) is 0 Å². The van der Waals surface area contributed by atoms with Gasteiger partial charge < -0.3 is 14.6 Å². The van der Waals surface area contributed by atoms with Gasteiger partial charge in [-0.3, -0.25) is 4.98 Å². The first-order chi connectivity index (χ1) is 10.2. The summed E-state index contributed by atoms with van der Waals surface area (Å²) in [6.45, 7) is 2.85. The molecule has 2 aromatic rings. The molecule has 1 atom stereocenters. The minimum atomic E-state index is -0.725. The van der Waals surface area contributed by atoms with E-state index in [1.807, 2.05) is 24.3 Å². The highest BCUT2D eigenvalue weighted by Gasteiger charge is 2.11. The number of benzene rings is 1. The number of ether oxygens (including phenoxy) is 2. The van der Waals surface area contributed by atoms with Crippen molar-refractivity contribution in [1.82, 2.24) is 4.98 Å². The van der Waals surface area contributed by atoms with Gasteiger partial charge in [-0.2, -0.15) is 0 Å². The molecule has 0 saturated carbocycles. The Kier molecular flexibility index (Phi) is 5.58. The molecule has 0 amide bonds. The summed E-state index contributed by atoms with van der Waals surface area (Å²) >= 11 is 0. The van der Waals surface area contributed by atoms with Crippen molar-refractivity contribution in [2.75, 3.05) is 13.7 Å². The lowest BCUT2D eigenvalue weighted by Crippen LogP contribution is -2.01. The van der Waals surface area contributed by atoms with E-state index in [9.17, 15) is 5.11 Å². The Hall–Kier alpha value is -2.07. The fraction of sp³-hybridized carbons (Fsp3) is 0.353. The number of methoxy groups -OCH3 is 1. The molecule has 1 heterocycles. The average Bonchev–Trinajstić information content (AvgIpc) is 2.55. The predicted molar refractivity (Wildman–Crippen MR) is 81.7 cm³/mol. The zero-order chi connectivity index (χ0) is 15.1. The highest BCUT2D eigenvalue weighted by molar-refractivity contribution is 5.35. The highest BCUT2D eigenvalue weighted by atomic mass is 16.5. The molecule has 1 N–H and O–H groups in total. The smallest absolute Gasteiger partial charge is 0.137 e. The van der Waals surface area contributed by atoms with Crippen molar-refractivity contribution in [2.24, 2.45) is 0 Å². The maximum Gasteiger partial charge on any atom is 0.137 e. The molecular weight excluding hydrogens is 266 g/mol. The molecule has 4 heteroatoms. The fourth-order valence-electron chi connectivity index (χ4n) is 1.97. The zero-order valence-corrected chi connectivity index (χ0v) is 12.5. The second-order valence-electron chi connectivity index (χ2n) is 4.83. The van der Waals surface area contributed by atoms with Gasteiger partial charge in [0.05, 0.1) is 19.9 Å². The van der Waals surface area contributed by atoms with Gasteiger partial charge in [-0.1, -0.05) is 25.5 Å². The van der Waals surface area contributed by atoms with Crippen LogP contribution in [-0.2, 0) is 0 Å². The first kappa shape index (κ1) is 15.3. The molecule has 0 aliphatic rings. The van der Waals surface area contributed by atoms with Gasteiger partial charge >= 0.3 is 0 Å². The van der Waals surface area contributed by atoms with Gasteiger partial charge in [0, 0.05) is 11.8 Å². The maximum absolute atomic E-state index is 10.4. The van der Waals surface area contributed by atoms with Gasteiger partial charge in [-0.15, -0.1) is 0 Å².